The third kappa shape index (κ3) is 5.56. The van der Waals surface area contributed by atoms with Crippen molar-refractivity contribution in [3.63, 3.8) is 0 Å². The molecule has 3 aromatic carbocycles. The average Bonchev–Trinajstić information content (AvgIpc) is 2.80. The number of alkyl halides is 3. The minimum absolute atomic E-state index is 0.0481. The molecule has 180 valence electrons. The Kier molecular flexibility index (Phi) is 6.68. The van der Waals surface area contributed by atoms with Gasteiger partial charge in [0, 0.05) is 18.0 Å². The number of hydrogen-bond donors (Lipinski definition) is 1. The van der Waals surface area contributed by atoms with Crippen molar-refractivity contribution in [3.05, 3.63) is 94.3 Å². The third-order valence-corrected chi connectivity index (χ3v) is 5.47. The Morgan fingerprint density at radius 2 is 1.80 bits per heavy atom. The zero-order valence-corrected chi connectivity index (χ0v) is 18.9. The molecule has 1 aromatic heterocycles. The minimum atomic E-state index is -4.57. The number of aromatic nitrogens is 2. The number of benzene rings is 3. The highest BCUT2D eigenvalue weighted by atomic mass is 19.4. The van der Waals surface area contributed by atoms with E-state index in [-0.39, 0.29) is 34.6 Å². The molecule has 35 heavy (non-hydrogen) atoms. The number of amides is 1. The Morgan fingerprint density at radius 3 is 2.54 bits per heavy atom. The third-order valence-electron chi connectivity index (χ3n) is 5.47. The van der Waals surface area contributed by atoms with Gasteiger partial charge in [0.2, 0.25) is 0 Å². The molecule has 4 aromatic rings. The van der Waals surface area contributed by atoms with Crippen molar-refractivity contribution in [1.82, 2.24) is 15.5 Å². The fourth-order valence-electron chi connectivity index (χ4n) is 3.73. The van der Waals surface area contributed by atoms with Gasteiger partial charge >= 0.3 is 6.18 Å². The van der Waals surface area contributed by atoms with Crippen molar-refractivity contribution in [1.29, 1.82) is 0 Å². The molecule has 0 aliphatic rings. The molecule has 0 fully saturated rings. The molecule has 9 heteroatoms. The number of rotatable bonds is 6. The molecule has 0 spiro atoms. The van der Waals surface area contributed by atoms with E-state index < -0.39 is 23.5 Å². The second-order valence-corrected chi connectivity index (χ2v) is 8.11. The summed E-state index contributed by atoms with van der Waals surface area (Å²) in [6, 6.07) is 13.9. The first-order valence-electron chi connectivity index (χ1n) is 10.8. The van der Waals surface area contributed by atoms with Crippen molar-refractivity contribution in [2.45, 2.75) is 26.4 Å². The van der Waals surface area contributed by atoms with Crippen LogP contribution in [0, 0.1) is 19.7 Å². The lowest BCUT2D eigenvalue weighted by atomic mass is 10.0. The van der Waals surface area contributed by atoms with E-state index in [0.717, 1.165) is 41.0 Å². The van der Waals surface area contributed by atoms with Gasteiger partial charge in [-0.05, 0) is 61.7 Å². The Balaban J connectivity index is 1.64. The first kappa shape index (κ1) is 24.1. The molecule has 0 bridgehead atoms. The summed E-state index contributed by atoms with van der Waals surface area (Å²) in [5.41, 5.74) is 2.45. The first-order chi connectivity index (χ1) is 16.6. The van der Waals surface area contributed by atoms with E-state index >= 15 is 0 Å². The predicted octanol–water partition coefficient (Wildman–Crippen LogP) is 6.17. The topological polar surface area (TPSA) is 64.1 Å². The highest BCUT2D eigenvalue weighted by Crippen LogP contribution is 2.34. The molecular weight excluding hydrogens is 462 g/mol. The summed E-state index contributed by atoms with van der Waals surface area (Å²) in [5, 5.41) is 10.8. The molecule has 0 saturated heterocycles. The van der Waals surface area contributed by atoms with Crippen molar-refractivity contribution < 1.29 is 27.1 Å². The van der Waals surface area contributed by atoms with Crippen LogP contribution in [0.3, 0.4) is 0 Å². The summed E-state index contributed by atoms with van der Waals surface area (Å²) in [7, 11) is 0. The number of aryl methyl sites for hydroxylation is 2. The lowest BCUT2D eigenvalue weighted by Crippen LogP contribution is -2.27. The van der Waals surface area contributed by atoms with Crippen LogP contribution in [0.15, 0.2) is 60.7 Å². The normalized spacial score (nSPS) is 11.5. The molecule has 0 saturated carbocycles. The second-order valence-electron chi connectivity index (χ2n) is 8.11. The van der Waals surface area contributed by atoms with Gasteiger partial charge in [-0.3, -0.25) is 4.79 Å². The van der Waals surface area contributed by atoms with Gasteiger partial charge in [0.05, 0.1) is 11.1 Å². The number of hydrogen-bond acceptors (Lipinski definition) is 4. The summed E-state index contributed by atoms with van der Waals surface area (Å²) in [4.78, 5) is 13.2. The van der Waals surface area contributed by atoms with Crippen LogP contribution < -0.4 is 10.1 Å². The number of carbonyl (C=O) groups is 1. The Hall–Kier alpha value is -4.01. The standard InChI is InChI=1S/C26H21F4N3O2/c1-15-6-7-17(16(2)12-15)10-11-31-24(34)23-21-9-8-19(27)14-22(21)32-33-25(23)35-20-5-3-4-18(13-20)26(28,29)30/h3-9,12-14H,10-11H2,1-2H3,(H,31,34). The van der Waals surface area contributed by atoms with Crippen LogP contribution in [-0.4, -0.2) is 22.6 Å². The van der Waals surface area contributed by atoms with Gasteiger partial charge in [-0.1, -0.05) is 29.8 Å². The molecule has 0 unspecified atom stereocenters. The Labute approximate surface area is 198 Å². The second kappa shape index (κ2) is 9.69. The Bertz CT molecular complexity index is 1400. The minimum Gasteiger partial charge on any atom is -0.437 e. The molecule has 5 nitrogen and oxygen atoms in total. The van der Waals surface area contributed by atoms with Crippen molar-refractivity contribution in [2.24, 2.45) is 0 Å². The van der Waals surface area contributed by atoms with Gasteiger partial charge in [0.1, 0.15) is 17.1 Å². The van der Waals surface area contributed by atoms with E-state index in [0.29, 0.717) is 6.42 Å². The molecule has 4 rings (SSSR count). The maximum absolute atomic E-state index is 13.7. The van der Waals surface area contributed by atoms with Gasteiger partial charge in [-0.15, -0.1) is 10.2 Å². The van der Waals surface area contributed by atoms with E-state index in [9.17, 15) is 22.4 Å². The monoisotopic (exact) mass is 483 g/mol. The van der Waals surface area contributed by atoms with Crippen LogP contribution in [0.5, 0.6) is 11.6 Å². The van der Waals surface area contributed by atoms with Crippen LogP contribution in [0.1, 0.15) is 32.6 Å². The molecule has 0 atom stereocenters. The Morgan fingerprint density at radius 1 is 1.00 bits per heavy atom. The van der Waals surface area contributed by atoms with Gasteiger partial charge in [-0.2, -0.15) is 13.2 Å². The predicted molar refractivity (Wildman–Crippen MR) is 123 cm³/mol. The van der Waals surface area contributed by atoms with E-state index in [2.05, 4.69) is 15.5 Å². The quantitative estimate of drug-likeness (QED) is 0.333. The van der Waals surface area contributed by atoms with Crippen LogP contribution in [0.25, 0.3) is 10.9 Å². The maximum atomic E-state index is 13.7. The summed E-state index contributed by atoms with van der Waals surface area (Å²) in [6.07, 6.45) is -4.01. The fourth-order valence-corrected chi connectivity index (χ4v) is 3.73. The number of halogens is 4. The van der Waals surface area contributed by atoms with E-state index in [1.165, 1.54) is 18.2 Å². The summed E-state index contributed by atoms with van der Waals surface area (Å²) in [5.74, 6) is -1.59. The van der Waals surface area contributed by atoms with Crippen molar-refractivity contribution in [2.75, 3.05) is 6.54 Å². The first-order valence-corrected chi connectivity index (χ1v) is 10.8. The summed E-state index contributed by atoms with van der Waals surface area (Å²) >= 11 is 0. The van der Waals surface area contributed by atoms with Gasteiger partial charge in [0.25, 0.3) is 11.8 Å². The molecule has 0 aliphatic carbocycles. The molecule has 1 amide bonds. The van der Waals surface area contributed by atoms with Gasteiger partial charge < -0.3 is 10.1 Å². The number of fused-ring (bicyclic) bond motifs is 1. The largest absolute Gasteiger partial charge is 0.437 e. The average molecular weight is 483 g/mol. The molecule has 1 heterocycles. The van der Waals surface area contributed by atoms with E-state index in [1.54, 1.807) is 0 Å². The summed E-state index contributed by atoms with van der Waals surface area (Å²) < 4.78 is 58.6. The molecular formula is C26H21F4N3O2. The van der Waals surface area contributed by atoms with Crippen molar-refractivity contribution >= 4 is 16.8 Å². The van der Waals surface area contributed by atoms with Crippen molar-refractivity contribution in [3.8, 4) is 11.6 Å². The molecule has 0 radical (unpaired) electrons. The number of ether oxygens (including phenoxy) is 1. The fraction of sp³-hybridized carbons (Fsp3) is 0.192. The maximum Gasteiger partial charge on any atom is 0.416 e. The lowest BCUT2D eigenvalue weighted by Gasteiger charge is -2.14. The van der Waals surface area contributed by atoms with E-state index in [1.807, 2.05) is 32.0 Å². The zero-order chi connectivity index (χ0) is 25.2. The molecule has 0 aliphatic heterocycles. The van der Waals surface area contributed by atoms with Crippen LogP contribution in [-0.2, 0) is 12.6 Å². The van der Waals surface area contributed by atoms with Crippen LogP contribution in [0.4, 0.5) is 17.6 Å². The number of nitrogens with one attached hydrogen (secondary N) is 1. The lowest BCUT2D eigenvalue weighted by molar-refractivity contribution is -0.137. The molecule has 1 N–H and O–H groups in total. The van der Waals surface area contributed by atoms with Crippen LogP contribution >= 0.6 is 0 Å². The van der Waals surface area contributed by atoms with Gasteiger partial charge in [0.15, 0.2) is 0 Å². The highest BCUT2D eigenvalue weighted by Gasteiger charge is 2.31. The summed E-state index contributed by atoms with van der Waals surface area (Å²) in [6.45, 7) is 4.27. The highest BCUT2D eigenvalue weighted by molar-refractivity contribution is 6.07. The number of carbonyl (C=O) groups excluding carboxylic acids is 1. The zero-order valence-electron chi connectivity index (χ0n) is 18.9. The number of nitrogens with zero attached hydrogens (tertiary/aromatic N) is 2. The van der Waals surface area contributed by atoms with Gasteiger partial charge in [-0.25, -0.2) is 4.39 Å². The van der Waals surface area contributed by atoms with E-state index in [4.69, 9.17) is 4.74 Å². The van der Waals surface area contributed by atoms with Crippen LogP contribution in [0.2, 0.25) is 0 Å². The SMILES string of the molecule is Cc1ccc(CCNC(=O)c2c(Oc3cccc(C(F)(F)F)c3)nnc3cc(F)ccc23)c(C)c1. The smallest absolute Gasteiger partial charge is 0.416 e.